The van der Waals surface area contributed by atoms with Gasteiger partial charge in [0.1, 0.15) is 0 Å². The second-order valence-corrected chi connectivity index (χ2v) is 10.5. The maximum Gasteiger partial charge on any atom is 0.416 e. The standard InChI is InChI=1S/C34H29F3N2O2/c1-33(2,3)26-17-13-23(14-18-26)8-7-21-38-31(40)25-9-6-10-28(22-25)39-32(41)30-12-5-4-11-29(30)24-15-19-27(20-16-24)34(35,36)37/h4-6,9-20,22H,21H2,1-3H3,(H,38,40)(H,39,41). The number of rotatable bonds is 5. The van der Waals surface area contributed by atoms with Crippen LogP contribution in [0.25, 0.3) is 11.1 Å². The fourth-order valence-electron chi connectivity index (χ4n) is 4.13. The molecular formula is C34H29F3N2O2. The van der Waals surface area contributed by atoms with E-state index in [-0.39, 0.29) is 23.4 Å². The molecule has 0 aromatic heterocycles. The van der Waals surface area contributed by atoms with Gasteiger partial charge < -0.3 is 10.6 Å². The summed E-state index contributed by atoms with van der Waals surface area (Å²) >= 11 is 0. The van der Waals surface area contributed by atoms with Gasteiger partial charge in [-0.3, -0.25) is 9.59 Å². The molecule has 0 bridgehead atoms. The lowest BCUT2D eigenvalue weighted by Gasteiger charge is -2.18. The molecule has 0 unspecified atom stereocenters. The number of hydrogen-bond acceptors (Lipinski definition) is 2. The first-order chi connectivity index (χ1) is 19.4. The smallest absolute Gasteiger partial charge is 0.341 e. The fourth-order valence-corrected chi connectivity index (χ4v) is 4.13. The van der Waals surface area contributed by atoms with Crippen molar-refractivity contribution in [3.63, 3.8) is 0 Å². The highest BCUT2D eigenvalue weighted by Crippen LogP contribution is 2.32. The molecule has 2 amide bonds. The van der Waals surface area contributed by atoms with E-state index in [0.29, 0.717) is 22.4 Å². The number of carbonyl (C=O) groups is 2. The van der Waals surface area contributed by atoms with Crippen molar-refractivity contribution < 1.29 is 22.8 Å². The maximum absolute atomic E-state index is 13.1. The van der Waals surface area contributed by atoms with Gasteiger partial charge in [-0.1, -0.05) is 81.1 Å². The Kier molecular flexibility index (Phi) is 8.63. The molecule has 4 nitrogen and oxygen atoms in total. The van der Waals surface area contributed by atoms with Gasteiger partial charge in [0.15, 0.2) is 0 Å². The van der Waals surface area contributed by atoms with Gasteiger partial charge in [-0.15, -0.1) is 0 Å². The normalized spacial score (nSPS) is 11.3. The van der Waals surface area contributed by atoms with E-state index >= 15 is 0 Å². The lowest BCUT2D eigenvalue weighted by atomic mass is 9.87. The van der Waals surface area contributed by atoms with Gasteiger partial charge in [-0.25, -0.2) is 0 Å². The summed E-state index contributed by atoms with van der Waals surface area (Å²) in [6, 6.07) is 25.8. The van der Waals surface area contributed by atoms with Crippen molar-refractivity contribution in [2.24, 2.45) is 0 Å². The van der Waals surface area contributed by atoms with Crippen LogP contribution in [-0.4, -0.2) is 18.4 Å². The van der Waals surface area contributed by atoms with E-state index in [1.54, 1.807) is 48.5 Å². The number of nitrogens with one attached hydrogen (secondary N) is 2. The third kappa shape index (κ3) is 7.64. The second kappa shape index (κ2) is 12.1. The first-order valence-electron chi connectivity index (χ1n) is 13.0. The Hall–Kier alpha value is -4.83. The number of hydrogen-bond donors (Lipinski definition) is 2. The Balaban J connectivity index is 1.40. The van der Waals surface area contributed by atoms with Gasteiger partial charge >= 0.3 is 6.18 Å². The molecule has 0 aliphatic carbocycles. The van der Waals surface area contributed by atoms with E-state index in [1.807, 2.05) is 24.3 Å². The van der Waals surface area contributed by atoms with Crippen LogP contribution in [0.5, 0.6) is 0 Å². The summed E-state index contributed by atoms with van der Waals surface area (Å²) in [7, 11) is 0. The zero-order valence-electron chi connectivity index (χ0n) is 22.9. The van der Waals surface area contributed by atoms with Crippen molar-refractivity contribution in [3.05, 3.63) is 125 Å². The molecule has 0 radical (unpaired) electrons. The highest BCUT2D eigenvalue weighted by molar-refractivity contribution is 6.09. The van der Waals surface area contributed by atoms with Crippen LogP contribution in [0.4, 0.5) is 18.9 Å². The van der Waals surface area contributed by atoms with Crippen molar-refractivity contribution in [1.29, 1.82) is 0 Å². The second-order valence-electron chi connectivity index (χ2n) is 10.5. The Morgan fingerprint density at radius 1 is 0.756 bits per heavy atom. The first kappa shape index (κ1) is 29.2. The van der Waals surface area contributed by atoms with E-state index in [0.717, 1.165) is 17.7 Å². The first-order valence-corrected chi connectivity index (χ1v) is 13.0. The van der Waals surface area contributed by atoms with Crippen molar-refractivity contribution in [3.8, 4) is 23.0 Å². The molecule has 0 aliphatic heterocycles. The minimum atomic E-state index is -4.45. The van der Waals surface area contributed by atoms with Crippen molar-refractivity contribution in [2.75, 3.05) is 11.9 Å². The number of carbonyl (C=O) groups excluding carboxylic acids is 2. The molecule has 2 N–H and O–H groups in total. The molecule has 4 aromatic rings. The maximum atomic E-state index is 13.1. The minimum Gasteiger partial charge on any atom is -0.341 e. The molecule has 7 heteroatoms. The molecule has 0 spiro atoms. The van der Waals surface area contributed by atoms with Crippen LogP contribution >= 0.6 is 0 Å². The van der Waals surface area contributed by atoms with Crippen LogP contribution in [0.1, 0.15) is 58.2 Å². The van der Waals surface area contributed by atoms with E-state index in [4.69, 9.17) is 0 Å². The summed E-state index contributed by atoms with van der Waals surface area (Å²) < 4.78 is 38.9. The van der Waals surface area contributed by atoms with Crippen LogP contribution in [0.3, 0.4) is 0 Å². The quantitative estimate of drug-likeness (QED) is 0.248. The highest BCUT2D eigenvalue weighted by Gasteiger charge is 2.30. The molecule has 41 heavy (non-hydrogen) atoms. The van der Waals surface area contributed by atoms with Crippen LogP contribution in [0, 0.1) is 11.8 Å². The minimum absolute atomic E-state index is 0.0589. The molecule has 4 rings (SSSR count). The Bertz CT molecular complexity index is 1610. The van der Waals surface area contributed by atoms with Crippen molar-refractivity contribution in [2.45, 2.75) is 32.4 Å². The Morgan fingerprint density at radius 2 is 1.41 bits per heavy atom. The van der Waals surface area contributed by atoms with Crippen LogP contribution in [0.2, 0.25) is 0 Å². The zero-order chi connectivity index (χ0) is 29.6. The third-order valence-corrected chi connectivity index (χ3v) is 6.40. The molecular weight excluding hydrogens is 525 g/mol. The van der Waals surface area contributed by atoms with Gasteiger partial charge in [-0.2, -0.15) is 13.2 Å². The van der Waals surface area contributed by atoms with Crippen molar-refractivity contribution >= 4 is 17.5 Å². The predicted molar refractivity (Wildman–Crippen MR) is 156 cm³/mol. The van der Waals surface area contributed by atoms with Gasteiger partial charge in [0.25, 0.3) is 11.8 Å². The predicted octanol–water partition coefficient (Wildman–Crippen LogP) is 7.70. The van der Waals surface area contributed by atoms with Crippen LogP contribution < -0.4 is 10.6 Å². The molecule has 208 valence electrons. The molecule has 0 aliphatic rings. The summed E-state index contributed by atoms with van der Waals surface area (Å²) in [4.78, 5) is 25.8. The van der Waals surface area contributed by atoms with Gasteiger partial charge in [0.2, 0.25) is 0 Å². The van der Waals surface area contributed by atoms with E-state index in [9.17, 15) is 22.8 Å². The number of benzene rings is 4. The molecule has 4 aromatic carbocycles. The van der Waals surface area contributed by atoms with E-state index < -0.39 is 17.6 Å². The van der Waals surface area contributed by atoms with Gasteiger partial charge in [-0.05, 0) is 70.6 Å². The summed E-state index contributed by atoms with van der Waals surface area (Å²) in [6.45, 7) is 6.58. The average molecular weight is 555 g/mol. The zero-order valence-corrected chi connectivity index (χ0v) is 22.9. The third-order valence-electron chi connectivity index (χ3n) is 6.40. The number of halogens is 3. The summed E-state index contributed by atoms with van der Waals surface area (Å²) in [5.41, 5.74) is 3.35. The molecule has 0 saturated heterocycles. The van der Waals surface area contributed by atoms with Gasteiger partial charge in [0, 0.05) is 22.4 Å². The number of alkyl halides is 3. The molecule has 0 atom stereocenters. The van der Waals surface area contributed by atoms with E-state index in [2.05, 4.69) is 43.2 Å². The molecule has 0 heterocycles. The largest absolute Gasteiger partial charge is 0.416 e. The van der Waals surface area contributed by atoms with Crippen LogP contribution in [-0.2, 0) is 11.6 Å². The molecule has 0 saturated carbocycles. The topological polar surface area (TPSA) is 58.2 Å². The highest BCUT2D eigenvalue weighted by atomic mass is 19.4. The number of amides is 2. The molecule has 0 fully saturated rings. The number of anilines is 1. The summed E-state index contributed by atoms with van der Waals surface area (Å²) in [6.07, 6.45) is -4.45. The monoisotopic (exact) mass is 554 g/mol. The van der Waals surface area contributed by atoms with Crippen molar-refractivity contribution in [1.82, 2.24) is 5.32 Å². The Labute approximate surface area is 237 Å². The van der Waals surface area contributed by atoms with Crippen LogP contribution in [0.15, 0.2) is 97.1 Å². The van der Waals surface area contributed by atoms with E-state index in [1.165, 1.54) is 17.7 Å². The summed E-state index contributed by atoms with van der Waals surface area (Å²) in [5.74, 6) is 5.18. The Morgan fingerprint density at radius 3 is 2.07 bits per heavy atom. The SMILES string of the molecule is CC(C)(C)c1ccc(C#CCNC(=O)c2cccc(NC(=O)c3ccccc3-c3ccc(C(F)(F)F)cc3)c2)cc1. The summed E-state index contributed by atoms with van der Waals surface area (Å²) in [5, 5.41) is 5.53. The average Bonchev–Trinajstić information content (AvgIpc) is 2.95. The lowest BCUT2D eigenvalue weighted by molar-refractivity contribution is -0.137. The van der Waals surface area contributed by atoms with Gasteiger partial charge in [0.05, 0.1) is 12.1 Å². The fraction of sp³-hybridized carbons (Fsp3) is 0.176. The lowest BCUT2D eigenvalue weighted by Crippen LogP contribution is -2.23.